The summed E-state index contributed by atoms with van der Waals surface area (Å²) >= 11 is 10.5. The molecule has 0 aliphatic rings. The van der Waals surface area contributed by atoms with Gasteiger partial charge in [0.15, 0.2) is 15.5 Å². The molecule has 0 spiro atoms. The van der Waals surface area contributed by atoms with Gasteiger partial charge in [0.25, 0.3) is 0 Å². The number of thiazole rings is 1. The molecule has 0 aliphatic carbocycles. The van der Waals surface area contributed by atoms with Crippen LogP contribution >= 0.6 is 38.9 Å². The van der Waals surface area contributed by atoms with Crippen molar-refractivity contribution in [2.75, 3.05) is 0 Å². The number of hydrogen-bond acceptors (Lipinski definition) is 4. The molecule has 1 N–H and O–H groups in total. The second-order valence-corrected chi connectivity index (χ2v) is 6.56. The average Bonchev–Trinajstić information content (AvgIpc) is 2.66. The van der Waals surface area contributed by atoms with Gasteiger partial charge in [-0.05, 0) is 29.8 Å². The molecular weight excluding hydrogens is 345 g/mol. The summed E-state index contributed by atoms with van der Waals surface area (Å²) < 4.78 is 20.7. The first-order valence-corrected chi connectivity index (χ1v) is 7.17. The van der Waals surface area contributed by atoms with Gasteiger partial charge < -0.3 is 9.84 Å². The summed E-state index contributed by atoms with van der Waals surface area (Å²) in [7, 11) is 0. The zero-order valence-corrected chi connectivity index (χ0v) is 12.7. The van der Waals surface area contributed by atoms with Gasteiger partial charge in [0.1, 0.15) is 16.6 Å². The number of aliphatic hydroxyl groups is 1. The molecule has 0 fully saturated rings. The molecule has 7 heteroatoms. The molecule has 0 amide bonds. The summed E-state index contributed by atoms with van der Waals surface area (Å²) in [5, 5.41) is 9.29. The normalized spacial score (nSPS) is 14.8. The molecule has 2 aromatic rings. The Balaban J connectivity index is 2.48. The first-order chi connectivity index (χ1) is 8.40. The van der Waals surface area contributed by atoms with Gasteiger partial charge in [-0.2, -0.15) is 0 Å². The number of nitrogens with zero attached hydrogens (tertiary/aromatic N) is 1. The van der Waals surface area contributed by atoms with E-state index in [4.69, 9.17) is 16.3 Å². The SMILES string of the molecule is C[C@H](Oc1cc2sc(Br)nc2c(Cl)c1F)[C@@H](C)O. The zero-order chi connectivity index (χ0) is 13.4. The van der Waals surface area contributed by atoms with E-state index in [0.29, 0.717) is 9.43 Å². The second kappa shape index (κ2) is 5.28. The molecule has 0 bridgehead atoms. The summed E-state index contributed by atoms with van der Waals surface area (Å²) in [6, 6.07) is 1.54. The zero-order valence-electron chi connectivity index (χ0n) is 9.58. The molecule has 1 aromatic heterocycles. The van der Waals surface area contributed by atoms with E-state index in [-0.39, 0.29) is 10.8 Å². The largest absolute Gasteiger partial charge is 0.485 e. The fourth-order valence-electron chi connectivity index (χ4n) is 1.34. The maximum Gasteiger partial charge on any atom is 0.185 e. The van der Waals surface area contributed by atoms with Crippen molar-refractivity contribution in [2.45, 2.75) is 26.1 Å². The Labute approximate surface area is 121 Å². The molecule has 1 aromatic carbocycles. The molecule has 0 saturated heterocycles. The highest BCUT2D eigenvalue weighted by atomic mass is 79.9. The molecule has 1 heterocycles. The minimum Gasteiger partial charge on any atom is -0.485 e. The van der Waals surface area contributed by atoms with Crippen molar-refractivity contribution in [1.82, 2.24) is 4.98 Å². The van der Waals surface area contributed by atoms with E-state index < -0.39 is 18.0 Å². The van der Waals surface area contributed by atoms with Gasteiger partial charge in [-0.3, -0.25) is 0 Å². The smallest absolute Gasteiger partial charge is 0.185 e. The molecule has 0 radical (unpaired) electrons. The van der Waals surface area contributed by atoms with E-state index in [0.717, 1.165) is 4.70 Å². The Kier molecular flexibility index (Phi) is 4.11. The van der Waals surface area contributed by atoms with E-state index in [9.17, 15) is 9.50 Å². The standard InChI is InChI=1S/C11H10BrClFNO2S/c1-4(16)5(2)17-6-3-7-10(8(13)9(6)14)15-11(12)18-7/h3-5,16H,1-2H3/t4-,5+/m1/s1. The van der Waals surface area contributed by atoms with Crippen LogP contribution in [0.1, 0.15) is 13.8 Å². The lowest BCUT2D eigenvalue weighted by atomic mass is 10.2. The number of aliphatic hydroxyl groups excluding tert-OH is 1. The molecule has 3 nitrogen and oxygen atoms in total. The van der Waals surface area contributed by atoms with Crippen molar-refractivity contribution >= 4 is 49.1 Å². The van der Waals surface area contributed by atoms with Crippen LogP contribution in [0.15, 0.2) is 9.98 Å². The first kappa shape index (κ1) is 14.0. The van der Waals surface area contributed by atoms with Gasteiger partial charge in [-0.15, -0.1) is 11.3 Å². The number of rotatable bonds is 3. The van der Waals surface area contributed by atoms with Crippen LogP contribution in [0.4, 0.5) is 4.39 Å². The van der Waals surface area contributed by atoms with Crippen LogP contribution in [0.25, 0.3) is 10.2 Å². The van der Waals surface area contributed by atoms with E-state index in [1.165, 1.54) is 17.4 Å². The molecule has 0 saturated carbocycles. The predicted molar refractivity (Wildman–Crippen MR) is 74.1 cm³/mol. The van der Waals surface area contributed by atoms with E-state index in [1.807, 2.05) is 0 Å². The number of fused-ring (bicyclic) bond motifs is 1. The van der Waals surface area contributed by atoms with E-state index >= 15 is 0 Å². The topological polar surface area (TPSA) is 42.4 Å². The number of aromatic nitrogens is 1. The van der Waals surface area contributed by atoms with Crippen LogP contribution < -0.4 is 4.74 Å². The van der Waals surface area contributed by atoms with Gasteiger partial charge in [0.2, 0.25) is 0 Å². The van der Waals surface area contributed by atoms with Gasteiger partial charge in [-0.1, -0.05) is 11.6 Å². The first-order valence-electron chi connectivity index (χ1n) is 5.19. The third-order valence-electron chi connectivity index (χ3n) is 2.50. The Hall–Kier alpha value is -0.430. The Bertz CT molecular complexity index is 590. The van der Waals surface area contributed by atoms with Crippen LogP contribution in [0.3, 0.4) is 0 Å². The third kappa shape index (κ3) is 2.61. The van der Waals surface area contributed by atoms with E-state index in [1.54, 1.807) is 13.8 Å². The lowest BCUT2D eigenvalue weighted by molar-refractivity contribution is 0.0580. The van der Waals surface area contributed by atoms with Crippen molar-refractivity contribution in [3.05, 3.63) is 20.8 Å². The Morgan fingerprint density at radius 3 is 2.83 bits per heavy atom. The Morgan fingerprint density at radius 1 is 1.56 bits per heavy atom. The van der Waals surface area contributed by atoms with E-state index in [2.05, 4.69) is 20.9 Å². The molecule has 0 unspecified atom stereocenters. The summed E-state index contributed by atoms with van der Waals surface area (Å²) in [4.78, 5) is 4.09. The maximum absolute atomic E-state index is 14.0. The molecule has 18 heavy (non-hydrogen) atoms. The summed E-state index contributed by atoms with van der Waals surface area (Å²) in [5.74, 6) is -0.633. The molecule has 2 atom stereocenters. The van der Waals surface area contributed by atoms with Crippen LogP contribution in [-0.4, -0.2) is 22.3 Å². The highest BCUT2D eigenvalue weighted by Crippen LogP contribution is 2.37. The maximum atomic E-state index is 14.0. The minimum atomic E-state index is -0.702. The van der Waals surface area contributed by atoms with Gasteiger partial charge in [0, 0.05) is 6.07 Å². The minimum absolute atomic E-state index is 0.0250. The number of benzene rings is 1. The van der Waals surface area contributed by atoms with Crippen LogP contribution in [0.2, 0.25) is 5.02 Å². The van der Waals surface area contributed by atoms with Crippen LogP contribution in [0, 0.1) is 5.82 Å². The number of ether oxygens (including phenoxy) is 1. The average molecular weight is 355 g/mol. The lowest BCUT2D eigenvalue weighted by Crippen LogP contribution is -2.25. The third-order valence-corrected chi connectivity index (χ3v) is 4.30. The lowest BCUT2D eigenvalue weighted by Gasteiger charge is -2.17. The van der Waals surface area contributed by atoms with Gasteiger partial charge in [-0.25, -0.2) is 9.37 Å². The van der Waals surface area contributed by atoms with Crippen molar-refractivity contribution in [3.8, 4) is 5.75 Å². The fourth-order valence-corrected chi connectivity index (χ4v) is 3.06. The molecular formula is C11H10BrClFNO2S. The highest BCUT2D eigenvalue weighted by Gasteiger charge is 2.19. The van der Waals surface area contributed by atoms with Crippen LogP contribution in [-0.2, 0) is 0 Å². The fraction of sp³-hybridized carbons (Fsp3) is 0.364. The van der Waals surface area contributed by atoms with Crippen LogP contribution in [0.5, 0.6) is 5.75 Å². The Morgan fingerprint density at radius 2 is 2.22 bits per heavy atom. The molecule has 2 rings (SSSR count). The monoisotopic (exact) mass is 353 g/mol. The van der Waals surface area contributed by atoms with Gasteiger partial charge in [0.05, 0.1) is 10.8 Å². The quantitative estimate of drug-likeness (QED) is 0.906. The molecule has 98 valence electrons. The van der Waals surface area contributed by atoms with Crippen molar-refractivity contribution in [3.63, 3.8) is 0 Å². The van der Waals surface area contributed by atoms with Gasteiger partial charge >= 0.3 is 0 Å². The van der Waals surface area contributed by atoms with Crippen molar-refractivity contribution in [2.24, 2.45) is 0 Å². The summed E-state index contributed by atoms with van der Waals surface area (Å²) in [6.45, 7) is 3.23. The molecule has 0 aliphatic heterocycles. The second-order valence-electron chi connectivity index (χ2n) is 3.88. The van der Waals surface area contributed by atoms with Crippen molar-refractivity contribution < 1.29 is 14.2 Å². The summed E-state index contributed by atoms with van der Waals surface area (Å²) in [6.07, 6.45) is -1.23. The van der Waals surface area contributed by atoms with Crippen molar-refractivity contribution in [1.29, 1.82) is 0 Å². The highest BCUT2D eigenvalue weighted by molar-refractivity contribution is 9.11. The number of halogens is 3. The predicted octanol–water partition coefficient (Wildman–Crippen LogP) is 4.00. The number of hydrogen-bond donors (Lipinski definition) is 1. The summed E-state index contributed by atoms with van der Waals surface area (Å²) in [5.41, 5.74) is 0.406.